The van der Waals surface area contributed by atoms with Gasteiger partial charge < -0.3 is 5.73 Å². The van der Waals surface area contributed by atoms with Gasteiger partial charge in [0.1, 0.15) is 0 Å². The summed E-state index contributed by atoms with van der Waals surface area (Å²) in [5.41, 5.74) is 5.04. The van der Waals surface area contributed by atoms with Gasteiger partial charge in [0.05, 0.1) is 15.7 Å². The van der Waals surface area contributed by atoms with Crippen molar-refractivity contribution < 1.29 is 30.7 Å². The summed E-state index contributed by atoms with van der Waals surface area (Å²) in [6.45, 7) is 0. The van der Waals surface area contributed by atoms with E-state index in [2.05, 4.69) is 0 Å². The van der Waals surface area contributed by atoms with Crippen LogP contribution in [0.25, 0.3) is 0 Å². The van der Waals surface area contributed by atoms with E-state index in [1.54, 1.807) is 0 Å². The van der Waals surface area contributed by atoms with Crippen molar-refractivity contribution in [3.05, 3.63) is 22.2 Å². The van der Waals surface area contributed by atoms with E-state index in [1.165, 1.54) is 0 Å². The lowest BCUT2D eigenvalue weighted by atomic mass is 10.3. The Morgan fingerprint density at radius 2 is 1.20 bits per heavy atom. The predicted molar refractivity (Wildman–Crippen MR) is 62.7 cm³/mol. The van der Waals surface area contributed by atoms with Crippen LogP contribution >= 0.6 is 35.0 Å². The molecule has 0 aliphatic heterocycles. The molecule has 0 saturated heterocycles. The molecule has 0 radical (unpaired) electrons. The Morgan fingerprint density at radius 3 is 1.50 bits per heavy atom. The minimum Gasteiger partial charge on any atom is -0.396 e. The molecular formula is C9H4Cl2F7NS. The molecule has 0 aromatic heterocycles. The molecule has 2 N–H and O–H groups in total. The van der Waals surface area contributed by atoms with E-state index < -0.39 is 34.0 Å². The van der Waals surface area contributed by atoms with E-state index in [0.29, 0.717) is 12.1 Å². The van der Waals surface area contributed by atoms with E-state index in [9.17, 15) is 30.7 Å². The number of rotatable bonds is 2. The van der Waals surface area contributed by atoms with Crippen molar-refractivity contribution in [1.29, 1.82) is 0 Å². The van der Waals surface area contributed by atoms with Crippen molar-refractivity contribution in [2.45, 2.75) is 22.2 Å². The monoisotopic (exact) mass is 361 g/mol. The molecule has 0 unspecified atom stereocenters. The molecule has 11 heteroatoms. The van der Waals surface area contributed by atoms with Gasteiger partial charge in [-0.1, -0.05) is 35.0 Å². The van der Waals surface area contributed by atoms with Gasteiger partial charge >= 0.3 is 17.4 Å². The number of hydrogen-bond acceptors (Lipinski definition) is 2. The Bertz CT molecular complexity index is 477. The summed E-state index contributed by atoms with van der Waals surface area (Å²) < 4.78 is 87.6. The van der Waals surface area contributed by atoms with Gasteiger partial charge in [-0.2, -0.15) is 26.3 Å². The lowest BCUT2D eigenvalue weighted by Crippen LogP contribution is -2.50. The van der Waals surface area contributed by atoms with Crippen LogP contribution in [-0.4, -0.2) is 17.4 Å². The maximum absolute atomic E-state index is 13.5. The molecule has 1 aromatic rings. The van der Waals surface area contributed by atoms with Crippen molar-refractivity contribution in [2.24, 2.45) is 0 Å². The molecule has 1 rings (SSSR count). The molecule has 0 aliphatic rings. The summed E-state index contributed by atoms with van der Waals surface area (Å²) in [4.78, 5) is -0.758. The number of nitrogen functional groups attached to an aromatic ring is 1. The highest BCUT2D eigenvalue weighted by atomic mass is 35.5. The molecule has 1 nitrogen and oxygen atoms in total. The van der Waals surface area contributed by atoms with Crippen LogP contribution in [0.3, 0.4) is 0 Å². The molecular weight excluding hydrogens is 358 g/mol. The zero-order chi connectivity index (χ0) is 15.9. The SMILES string of the molecule is Nc1c(Cl)cc(SC(F)(C(F)(F)F)C(F)(F)F)cc1Cl. The molecule has 0 atom stereocenters. The number of nitrogens with two attached hydrogens (primary N) is 1. The third-order valence-electron chi connectivity index (χ3n) is 2.04. The van der Waals surface area contributed by atoms with Gasteiger partial charge in [0.2, 0.25) is 0 Å². The normalized spacial score (nSPS) is 13.7. The summed E-state index contributed by atoms with van der Waals surface area (Å²) in [5, 5.41) is -6.25. The van der Waals surface area contributed by atoms with Crippen LogP contribution < -0.4 is 5.73 Å². The molecule has 1 aromatic carbocycles. The Kier molecular flexibility index (Phi) is 4.68. The quantitative estimate of drug-likeness (QED) is 0.430. The number of anilines is 1. The topological polar surface area (TPSA) is 26.0 Å². The van der Waals surface area contributed by atoms with Crippen molar-refractivity contribution in [3.63, 3.8) is 0 Å². The maximum Gasteiger partial charge on any atom is 0.441 e. The molecule has 0 amide bonds. The smallest absolute Gasteiger partial charge is 0.396 e. The third kappa shape index (κ3) is 3.20. The molecule has 20 heavy (non-hydrogen) atoms. The molecule has 0 bridgehead atoms. The molecule has 0 spiro atoms. The first-order valence-corrected chi connectivity index (χ1v) is 6.12. The first-order valence-electron chi connectivity index (χ1n) is 4.55. The highest BCUT2D eigenvalue weighted by Gasteiger charge is 2.73. The fourth-order valence-electron chi connectivity index (χ4n) is 1.06. The van der Waals surface area contributed by atoms with Gasteiger partial charge in [-0.15, -0.1) is 0 Å². The highest BCUT2D eigenvalue weighted by molar-refractivity contribution is 8.00. The zero-order valence-corrected chi connectivity index (χ0v) is 11.4. The lowest BCUT2D eigenvalue weighted by molar-refractivity contribution is -0.302. The van der Waals surface area contributed by atoms with E-state index in [4.69, 9.17) is 28.9 Å². The minimum absolute atomic E-state index is 0.235. The Hall–Kier alpha value is -0.540. The van der Waals surface area contributed by atoms with E-state index >= 15 is 0 Å². The number of alkyl halides is 7. The van der Waals surface area contributed by atoms with E-state index in [1.807, 2.05) is 0 Å². The summed E-state index contributed by atoms with van der Waals surface area (Å²) in [5.74, 6) is 0. The van der Waals surface area contributed by atoms with Gasteiger partial charge in [-0.3, -0.25) is 0 Å². The van der Waals surface area contributed by atoms with Crippen LogP contribution in [-0.2, 0) is 0 Å². The second-order valence-corrected chi connectivity index (χ2v) is 5.55. The lowest BCUT2D eigenvalue weighted by Gasteiger charge is -2.29. The minimum atomic E-state index is -6.17. The van der Waals surface area contributed by atoms with Gasteiger partial charge in [-0.05, 0) is 12.1 Å². The Labute approximate surface area is 122 Å². The van der Waals surface area contributed by atoms with Gasteiger partial charge in [0, 0.05) is 4.90 Å². The Morgan fingerprint density at radius 1 is 0.850 bits per heavy atom. The zero-order valence-electron chi connectivity index (χ0n) is 9.04. The number of thioether (sulfide) groups is 1. The van der Waals surface area contributed by atoms with E-state index in [-0.39, 0.29) is 15.7 Å². The van der Waals surface area contributed by atoms with Crippen LogP contribution in [0.4, 0.5) is 36.4 Å². The molecule has 0 heterocycles. The summed E-state index contributed by atoms with van der Waals surface area (Å²) >= 11 is 9.84. The summed E-state index contributed by atoms with van der Waals surface area (Å²) in [6, 6.07) is 1.33. The fraction of sp³-hybridized carbons (Fsp3) is 0.333. The third-order valence-corrected chi connectivity index (χ3v) is 3.88. The van der Waals surface area contributed by atoms with Crippen LogP contribution in [0.15, 0.2) is 17.0 Å². The van der Waals surface area contributed by atoms with Crippen molar-refractivity contribution in [2.75, 3.05) is 5.73 Å². The summed E-state index contributed by atoms with van der Waals surface area (Å²) in [6.07, 6.45) is -12.3. The van der Waals surface area contributed by atoms with Crippen molar-refractivity contribution in [3.8, 4) is 0 Å². The molecule has 0 fully saturated rings. The van der Waals surface area contributed by atoms with Crippen LogP contribution in [0.1, 0.15) is 0 Å². The summed E-state index contributed by atoms with van der Waals surface area (Å²) in [7, 11) is 0. The largest absolute Gasteiger partial charge is 0.441 e. The fourth-order valence-corrected chi connectivity index (χ4v) is 2.59. The molecule has 114 valence electrons. The van der Waals surface area contributed by atoms with Crippen molar-refractivity contribution in [1.82, 2.24) is 0 Å². The van der Waals surface area contributed by atoms with Crippen LogP contribution in [0.5, 0.6) is 0 Å². The van der Waals surface area contributed by atoms with Gasteiger partial charge in [-0.25, -0.2) is 4.39 Å². The Balaban J connectivity index is 3.29. The molecule has 0 saturated carbocycles. The first-order chi connectivity index (χ1) is 8.79. The number of hydrogen-bond donors (Lipinski definition) is 1. The van der Waals surface area contributed by atoms with Crippen molar-refractivity contribution >= 4 is 40.7 Å². The average Bonchev–Trinajstić information content (AvgIpc) is 2.22. The first kappa shape index (κ1) is 17.5. The van der Waals surface area contributed by atoms with Gasteiger partial charge in [0.25, 0.3) is 0 Å². The predicted octanol–water partition coefficient (Wildman–Crippen LogP) is 5.46. The maximum atomic E-state index is 13.5. The number of benzene rings is 1. The number of halogens is 9. The van der Waals surface area contributed by atoms with Gasteiger partial charge in [0.15, 0.2) is 0 Å². The second-order valence-electron chi connectivity index (χ2n) is 3.49. The van der Waals surface area contributed by atoms with Crippen LogP contribution in [0.2, 0.25) is 10.0 Å². The van der Waals surface area contributed by atoms with E-state index in [0.717, 1.165) is 0 Å². The standard InChI is InChI=1S/C9H4Cl2F7NS/c10-4-1-3(2-5(11)6(4)19)20-7(12,8(13,14)15)9(16,17)18/h1-2H,19H2. The molecule has 0 aliphatic carbocycles. The average molecular weight is 362 g/mol. The van der Waals surface area contributed by atoms with Crippen LogP contribution in [0, 0.1) is 0 Å². The highest BCUT2D eigenvalue weighted by Crippen LogP contribution is 2.56. The second kappa shape index (κ2) is 5.34.